The van der Waals surface area contributed by atoms with Crippen LogP contribution in [0, 0.1) is 17.1 Å². The Morgan fingerprint density at radius 3 is 2.67 bits per heavy atom. The van der Waals surface area contributed by atoms with Gasteiger partial charge in [-0.15, -0.1) is 0 Å². The number of fused-ring (bicyclic) bond motifs is 1. The van der Waals surface area contributed by atoms with Crippen LogP contribution >= 0.6 is 0 Å². The van der Waals surface area contributed by atoms with E-state index in [-0.39, 0.29) is 11.5 Å². The molecule has 2 aromatic carbocycles. The average molecular weight is 404 g/mol. The molecule has 0 saturated heterocycles. The Bertz CT molecular complexity index is 1260. The van der Waals surface area contributed by atoms with Crippen LogP contribution in [0.4, 0.5) is 4.39 Å². The summed E-state index contributed by atoms with van der Waals surface area (Å²) in [5.41, 5.74) is 2.10. The number of ether oxygens (including phenoxy) is 1. The first kappa shape index (κ1) is 19.5. The smallest absolute Gasteiger partial charge is 0.149 e. The van der Waals surface area contributed by atoms with Gasteiger partial charge < -0.3 is 14.9 Å². The molecule has 2 heterocycles. The van der Waals surface area contributed by atoms with Crippen LogP contribution in [0.2, 0.25) is 0 Å². The zero-order valence-corrected chi connectivity index (χ0v) is 16.0. The minimum Gasteiger partial charge on any atom is -0.457 e. The summed E-state index contributed by atoms with van der Waals surface area (Å²) in [5.74, 6) is 0.629. The van der Waals surface area contributed by atoms with Crippen molar-refractivity contribution in [2.24, 2.45) is 7.05 Å². The van der Waals surface area contributed by atoms with Gasteiger partial charge in [-0.3, -0.25) is 4.68 Å². The molecule has 0 aliphatic heterocycles. The lowest BCUT2D eigenvalue weighted by molar-refractivity contribution is 0.0956. The summed E-state index contributed by atoms with van der Waals surface area (Å²) < 4.78 is 21.4. The van der Waals surface area contributed by atoms with Gasteiger partial charge in [0, 0.05) is 12.6 Å². The molecule has 1 atom stereocenters. The first-order valence-electron chi connectivity index (χ1n) is 9.09. The Morgan fingerprint density at radius 2 is 1.97 bits per heavy atom. The maximum Gasteiger partial charge on any atom is 0.149 e. The van der Waals surface area contributed by atoms with Gasteiger partial charge in [0.15, 0.2) is 0 Å². The van der Waals surface area contributed by atoms with E-state index in [1.165, 1.54) is 16.8 Å². The van der Waals surface area contributed by atoms with Crippen molar-refractivity contribution >= 4 is 10.9 Å². The van der Waals surface area contributed by atoms with E-state index in [0.29, 0.717) is 39.2 Å². The third-order valence-corrected chi connectivity index (χ3v) is 4.71. The molecular formula is C22H17FN4O3. The largest absolute Gasteiger partial charge is 0.457 e. The van der Waals surface area contributed by atoms with Crippen LogP contribution in [0.5, 0.6) is 11.5 Å². The van der Waals surface area contributed by atoms with Crippen molar-refractivity contribution in [1.29, 1.82) is 5.26 Å². The van der Waals surface area contributed by atoms with Crippen molar-refractivity contribution in [2.45, 2.75) is 6.10 Å². The van der Waals surface area contributed by atoms with Crippen molar-refractivity contribution < 1.29 is 19.3 Å². The third-order valence-electron chi connectivity index (χ3n) is 4.71. The van der Waals surface area contributed by atoms with Crippen molar-refractivity contribution in [3.63, 3.8) is 0 Å². The Kier molecular flexibility index (Phi) is 5.14. The molecule has 30 heavy (non-hydrogen) atoms. The number of aliphatic hydroxyl groups is 2. The number of rotatable bonds is 5. The molecule has 4 aromatic rings. The van der Waals surface area contributed by atoms with Crippen LogP contribution in [-0.4, -0.2) is 31.6 Å². The molecule has 2 aromatic heterocycles. The van der Waals surface area contributed by atoms with Crippen LogP contribution in [0.1, 0.15) is 17.4 Å². The minimum atomic E-state index is -1.10. The van der Waals surface area contributed by atoms with E-state index >= 15 is 0 Å². The second-order valence-corrected chi connectivity index (χ2v) is 6.68. The second-order valence-electron chi connectivity index (χ2n) is 6.68. The van der Waals surface area contributed by atoms with Crippen molar-refractivity contribution in [2.75, 3.05) is 6.61 Å². The summed E-state index contributed by atoms with van der Waals surface area (Å²) >= 11 is 0. The number of aliphatic hydroxyl groups excluding tert-OH is 2. The highest BCUT2D eigenvalue weighted by molar-refractivity contribution is 5.86. The number of nitriles is 1. The Hall–Kier alpha value is -3.80. The number of nitrogens with zero attached hydrogens (tertiary/aromatic N) is 4. The van der Waals surface area contributed by atoms with Gasteiger partial charge in [0.25, 0.3) is 0 Å². The Labute approximate surface area is 171 Å². The summed E-state index contributed by atoms with van der Waals surface area (Å²) in [6.45, 7) is -0.457. The zero-order chi connectivity index (χ0) is 21.3. The highest BCUT2D eigenvalue weighted by Gasteiger charge is 2.14. The van der Waals surface area contributed by atoms with Gasteiger partial charge in [0.1, 0.15) is 40.7 Å². The lowest BCUT2D eigenvalue weighted by Crippen LogP contribution is -2.04. The van der Waals surface area contributed by atoms with Gasteiger partial charge in [0.2, 0.25) is 0 Å². The van der Waals surface area contributed by atoms with Crippen LogP contribution in [0.3, 0.4) is 0 Å². The molecule has 0 aliphatic rings. The van der Waals surface area contributed by atoms with E-state index in [1.54, 1.807) is 49.6 Å². The quantitative estimate of drug-likeness (QED) is 0.528. The number of hydrogen-bond donors (Lipinski definition) is 2. The highest BCUT2D eigenvalue weighted by Crippen LogP contribution is 2.32. The van der Waals surface area contributed by atoms with E-state index < -0.39 is 12.7 Å². The highest BCUT2D eigenvalue weighted by atomic mass is 19.1. The summed E-state index contributed by atoms with van der Waals surface area (Å²) in [4.78, 5) is 4.26. The normalized spacial score (nSPS) is 12.0. The maximum atomic E-state index is 14.0. The molecule has 1 unspecified atom stereocenters. The molecule has 150 valence electrons. The van der Waals surface area contributed by atoms with Gasteiger partial charge in [-0.2, -0.15) is 10.4 Å². The lowest BCUT2D eigenvalue weighted by Gasteiger charge is -2.11. The van der Waals surface area contributed by atoms with Gasteiger partial charge >= 0.3 is 0 Å². The molecule has 7 nitrogen and oxygen atoms in total. The molecule has 0 fully saturated rings. The molecule has 2 N–H and O–H groups in total. The number of pyridine rings is 1. The third kappa shape index (κ3) is 3.59. The number of hydrogen-bond acceptors (Lipinski definition) is 6. The molecule has 0 saturated carbocycles. The lowest BCUT2D eigenvalue weighted by atomic mass is 10.0. The molecule has 0 amide bonds. The van der Waals surface area contributed by atoms with E-state index in [2.05, 4.69) is 10.1 Å². The number of aromatic nitrogens is 3. The van der Waals surface area contributed by atoms with Gasteiger partial charge in [-0.05, 0) is 54.1 Å². The van der Waals surface area contributed by atoms with Gasteiger partial charge in [-0.1, -0.05) is 0 Å². The van der Waals surface area contributed by atoms with Crippen molar-refractivity contribution in [1.82, 2.24) is 14.8 Å². The first-order valence-corrected chi connectivity index (χ1v) is 9.09. The number of aryl methyl sites for hydroxylation is 1. The fourth-order valence-corrected chi connectivity index (χ4v) is 3.18. The average Bonchev–Trinajstić information content (AvgIpc) is 3.18. The predicted octanol–water partition coefficient (Wildman–Crippen LogP) is 3.46. The summed E-state index contributed by atoms with van der Waals surface area (Å²) in [6.07, 6.45) is 0.453. The SMILES string of the molecule is Cn1ncc2c(Oc3ccc(-c4cc(C(O)CO)cc(C#N)n4)cc3)ccc(F)c21. The van der Waals surface area contributed by atoms with Crippen molar-refractivity contribution in [3.8, 4) is 28.8 Å². The summed E-state index contributed by atoms with van der Waals surface area (Å²) in [7, 11) is 1.66. The van der Waals surface area contributed by atoms with Gasteiger partial charge in [-0.25, -0.2) is 9.37 Å². The fraction of sp³-hybridized carbons (Fsp3) is 0.136. The molecule has 8 heteroatoms. The first-order chi connectivity index (χ1) is 14.5. The second kappa shape index (κ2) is 7.91. The van der Waals surface area contributed by atoms with Crippen LogP contribution in [0.25, 0.3) is 22.2 Å². The molecule has 4 rings (SSSR count). The number of halogens is 1. The van der Waals surface area contributed by atoms with Crippen LogP contribution in [-0.2, 0) is 7.05 Å². The minimum absolute atomic E-state index is 0.139. The predicted molar refractivity (Wildman–Crippen MR) is 107 cm³/mol. The maximum absolute atomic E-state index is 14.0. The van der Waals surface area contributed by atoms with Gasteiger partial charge in [0.05, 0.1) is 23.9 Å². The Balaban J connectivity index is 1.65. The molecule has 0 bridgehead atoms. The fourth-order valence-electron chi connectivity index (χ4n) is 3.18. The molecule has 0 radical (unpaired) electrons. The Morgan fingerprint density at radius 1 is 1.20 bits per heavy atom. The van der Waals surface area contributed by atoms with E-state index in [9.17, 15) is 19.9 Å². The van der Waals surface area contributed by atoms with E-state index in [4.69, 9.17) is 4.74 Å². The summed E-state index contributed by atoms with van der Waals surface area (Å²) in [5, 5.41) is 32.9. The van der Waals surface area contributed by atoms with E-state index in [1.807, 2.05) is 6.07 Å². The monoisotopic (exact) mass is 404 g/mol. The standard InChI is InChI=1S/C22H17FN4O3/c1-27-22-17(11-25-27)21(7-6-18(22)23)30-16-4-2-13(3-5-16)19-9-14(20(29)12-28)8-15(10-24)26-19/h2-9,11,20,28-29H,12H2,1H3. The van der Waals surface area contributed by atoms with Crippen LogP contribution < -0.4 is 4.74 Å². The van der Waals surface area contributed by atoms with Crippen LogP contribution in [0.15, 0.2) is 54.7 Å². The molecule has 0 aliphatic carbocycles. The molecular weight excluding hydrogens is 387 g/mol. The molecule has 0 spiro atoms. The zero-order valence-electron chi connectivity index (χ0n) is 16.0. The number of benzene rings is 2. The van der Waals surface area contributed by atoms with E-state index in [0.717, 1.165) is 0 Å². The van der Waals surface area contributed by atoms with Crippen molar-refractivity contribution in [3.05, 3.63) is 71.8 Å². The topological polar surface area (TPSA) is 104 Å². The summed E-state index contributed by atoms with van der Waals surface area (Å²) in [6, 6.07) is 14.9.